The lowest BCUT2D eigenvalue weighted by Gasteiger charge is -2.10. The van der Waals surface area contributed by atoms with Crippen molar-refractivity contribution in [2.75, 3.05) is 0 Å². The first-order valence-electron chi connectivity index (χ1n) is 6.23. The molecule has 0 aliphatic heterocycles. The van der Waals surface area contributed by atoms with Gasteiger partial charge in [0.05, 0.1) is 13.2 Å². The molecule has 1 aliphatic rings. The summed E-state index contributed by atoms with van der Waals surface area (Å²) < 4.78 is 0. The highest BCUT2D eigenvalue weighted by molar-refractivity contribution is 5.30. The standard InChI is InChI=1S/C13H16N4O/c1-17-15-13(14-16-17)8-12(18)11-4-2-3-10(7-11)9-5-6-9/h2-4,7,9,12,18H,5-6,8H2,1H3. The fourth-order valence-electron chi connectivity index (χ4n) is 2.13. The van der Waals surface area contributed by atoms with E-state index in [9.17, 15) is 5.11 Å². The molecular weight excluding hydrogens is 228 g/mol. The van der Waals surface area contributed by atoms with Gasteiger partial charge in [0.2, 0.25) is 0 Å². The second-order valence-corrected chi connectivity index (χ2v) is 4.86. The Bertz CT molecular complexity index is 547. The smallest absolute Gasteiger partial charge is 0.177 e. The third kappa shape index (κ3) is 2.41. The molecule has 2 aromatic rings. The van der Waals surface area contributed by atoms with Gasteiger partial charge in [-0.1, -0.05) is 24.3 Å². The first kappa shape index (κ1) is 11.3. The van der Waals surface area contributed by atoms with E-state index >= 15 is 0 Å². The normalized spacial score (nSPS) is 16.8. The summed E-state index contributed by atoms with van der Waals surface area (Å²) in [6.45, 7) is 0. The van der Waals surface area contributed by atoms with E-state index in [1.165, 1.54) is 23.2 Å². The Morgan fingerprint density at radius 3 is 2.94 bits per heavy atom. The number of benzene rings is 1. The number of aliphatic hydroxyl groups excluding tert-OH is 1. The van der Waals surface area contributed by atoms with Gasteiger partial charge in [0, 0.05) is 6.42 Å². The molecule has 18 heavy (non-hydrogen) atoms. The Hall–Kier alpha value is -1.75. The third-order valence-corrected chi connectivity index (χ3v) is 3.27. The molecule has 1 fully saturated rings. The predicted molar refractivity (Wildman–Crippen MR) is 65.9 cm³/mol. The zero-order chi connectivity index (χ0) is 12.5. The monoisotopic (exact) mass is 244 g/mol. The molecule has 1 atom stereocenters. The molecule has 1 N–H and O–H groups in total. The van der Waals surface area contributed by atoms with Crippen molar-refractivity contribution in [1.82, 2.24) is 20.2 Å². The van der Waals surface area contributed by atoms with Crippen molar-refractivity contribution in [2.45, 2.75) is 31.3 Å². The zero-order valence-electron chi connectivity index (χ0n) is 10.3. The summed E-state index contributed by atoms with van der Waals surface area (Å²) in [7, 11) is 1.72. The molecule has 0 spiro atoms. The molecule has 94 valence electrons. The quantitative estimate of drug-likeness (QED) is 0.882. The van der Waals surface area contributed by atoms with Crippen LogP contribution >= 0.6 is 0 Å². The maximum atomic E-state index is 10.2. The summed E-state index contributed by atoms with van der Waals surface area (Å²) in [6, 6.07) is 8.19. The molecule has 1 heterocycles. The van der Waals surface area contributed by atoms with Crippen LogP contribution in [0.2, 0.25) is 0 Å². The minimum Gasteiger partial charge on any atom is -0.388 e. The lowest BCUT2D eigenvalue weighted by atomic mass is 10.0. The maximum Gasteiger partial charge on any atom is 0.177 e. The molecule has 1 aromatic heterocycles. The van der Waals surface area contributed by atoms with Crippen LogP contribution in [-0.4, -0.2) is 25.3 Å². The molecule has 0 bridgehead atoms. The molecule has 5 heteroatoms. The first-order valence-corrected chi connectivity index (χ1v) is 6.23. The number of nitrogens with zero attached hydrogens (tertiary/aromatic N) is 4. The average molecular weight is 244 g/mol. The van der Waals surface area contributed by atoms with Gasteiger partial charge in [-0.3, -0.25) is 0 Å². The fraction of sp³-hybridized carbons (Fsp3) is 0.462. The van der Waals surface area contributed by atoms with E-state index in [2.05, 4.69) is 27.5 Å². The SMILES string of the molecule is Cn1nnc(CC(O)c2cccc(C3CC3)c2)n1. The minimum atomic E-state index is -0.562. The Kier molecular flexibility index (Phi) is 2.83. The summed E-state index contributed by atoms with van der Waals surface area (Å²) in [4.78, 5) is 1.41. The lowest BCUT2D eigenvalue weighted by molar-refractivity contribution is 0.175. The molecule has 3 rings (SSSR count). The van der Waals surface area contributed by atoms with Gasteiger partial charge in [-0.05, 0) is 35.1 Å². The van der Waals surface area contributed by atoms with E-state index in [1.807, 2.05) is 12.1 Å². The highest BCUT2D eigenvalue weighted by Crippen LogP contribution is 2.40. The molecule has 0 amide bonds. The second-order valence-electron chi connectivity index (χ2n) is 4.86. The summed E-state index contributed by atoms with van der Waals surface area (Å²) in [6.07, 6.45) is 2.38. The van der Waals surface area contributed by atoms with E-state index in [1.54, 1.807) is 7.05 Å². The average Bonchev–Trinajstić information content (AvgIpc) is 3.14. The number of aromatic nitrogens is 4. The van der Waals surface area contributed by atoms with Crippen LogP contribution in [0.25, 0.3) is 0 Å². The molecule has 1 aromatic carbocycles. The number of tetrazole rings is 1. The van der Waals surface area contributed by atoms with Gasteiger partial charge < -0.3 is 5.11 Å². The van der Waals surface area contributed by atoms with Crippen LogP contribution in [0.1, 0.15) is 41.8 Å². The number of rotatable bonds is 4. The first-order chi connectivity index (χ1) is 8.72. The summed E-state index contributed by atoms with van der Waals surface area (Å²) in [5, 5.41) is 21.9. The van der Waals surface area contributed by atoms with Gasteiger partial charge in [-0.15, -0.1) is 10.2 Å². The van der Waals surface area contributed by atoms with Crippen LogP contribution in [-0.2, 0) is 13.5 Å². The minimum absolute atomic E-state index is 0.405. The van der Waals surface area contributed by atoms with Crippen LogP contribution in [0.5, 0.6) is 0 Å². The van der Waals surface area contributed by atoms with Gasteiger partial charge in [-0.2, -0.15) is 4.80 Å². The molecular formula is C13H16N4O. The predicted octanol–water partition coefficient (Wildman–Crippen LogP) is 1.36. The second kappa shape index (κ2) is 4.49. The van der Waals surface area contributed by atoms with Crippen molar-refractivity contribution < 1.29 is 5.11 Å². The summed E-state index contributed by atoms with van der Waals surface area (Å²) >= 11 is 0. The van der Waals surface area contributed by atoms with Crippen molar-refractivity contribution in [3.05, 3.63) is 41.2 Å². The molecule has 0 saturated heterocycles. The highest BCUT2D eigenvalue weighted by Gasteiger charge is 2.24. The number of aliphatic hydroxyl groups is 1. The summed E-state index contributed by atoms with van der Waals surface area (Å²) in [5.74, 6) is 1.27. The van der Waals surface area contributed by atoms with Crippen molar-refractivity contribution in [3.8, 4) is 0 Å². The molecule has 1 unspecified atom stereocenters. The Balaban J connectivity index is 1.74. The van der Waals surface area contributed by atoms with Crippen LogP contribution in [0, 0.1) is 0 Å². The van der Waals surface area contributed by atoms with Crippen molar-refractivity contribution in [1.29, 1.82) is 0 Å². The molecule has 5 nitrogen and oxygen atoms in total. The van der Waals surface area contributed by atoms with E-state index in [4.69, 9.17) is 0 Å². The Morgan fingerprint density at radius 2 is 2.28 bits per heavy atom. The third-order valence-electron chi connectivity index (χ3n) is 3.27. The van der Waals surface area contributed by atoms with E-state index in [0.717, 1.165) is 5.56 Å². The Morgan fingerprint density at radius 1 is 1.44 bits per heavy atom. The molecule has 0 radical (unpaired) electrons. The Labute approximate surface area is 105 Å². The largest absolute Gasteiger partial charge is 0.388 e. The number of hydrogen-bond donors (Lipinski definition) is 1. The zero-order valence-corrected chi connectivity index (χ0v) is 10.3. The van der Waals surface area contributed by atoms with E-state index in [-0.39, 0.29) is 0 Å². The van der Waals surface area contributed by atoms with Gasteiger partial charge >= 0.3 is 0 Å². The maximum absolute atomic E-state index is 10.2. The number of hydrogen-bond acceptors (Lipinski definition) is 4. The number of aryl methyl sites for hydroxylation is 1. The van der Waals surface area contributed by atoms with Gasteiger partial charge in [-0.25, -0.2) is 0 Å². The van der Waals surface area contributed by atoms with Gasteiger partial charge in [0.1, 0.15) is 0 Å². The molecule has 1 aliphatic carbocycles. The topological polar surface area (TPSA) is 63.8 Å². The van der Waals surface area contributed by atoms with Gasteiger partial charge in [0.15, 0.2) is 5.82 Å². The van der Waals surface area contributed by atoms with E-state index in [0.29, 0.717) is 18.2 Å². The lowest BCUT2D eigenvalue weighted by Crippen LogP contribution is -2.04. The van der Waals surface area contributed by atoms with Crippen molar-refractivity contribution in [2.24, 2.45) is 7.05 Å². The molecule has 1 saturated carbocycles. The van der Waals surface area contributed by atoms with Crippen LogP contribution in [0.4, 0.5) is 0 Å². The van der Waals surface area contributed by atoms with Crippen molar-refractivity contribution >= 4 is 0 Å². The van der Waals surface area contributed by atoms with Crippen molar-refractivity contribution in [3.63, 3.8) is 0 Å². The highest BCUT2D eigenvalue weighted by atomic mass is 16.3. The van der Waals surface area contributed by atoms with Gasteiger partial charge in [0.25, 0.3) is 0 Å². The van der Waals surface area contributed by atoms with Crippen LogP contribution in [0.15, 0.2) is 24.3 Å². The van der Waals surface area contributed by atoms with Crippen LogP contribution in [0.3, 0.4) is 0 Å². The fourth-order valence-corrected chi connectivity index (χ4v) is 2.13. The van der Waals surface area contributed by atoms with Crippen LogP contribution < -0.4 is 0 Å². The van der Waals surface area contributed by atoms with E-state index < -0.39 is 6.10 Å². The summed E-state index contributed by atoms with van der Waals surface area (Å²) in [5.41, 5.74) is 2.27.